The van der Waals surface area contributed by atoms with Gasteiger partial charge in [0.2, 0.25) is 5.71 Å². The fourth-order valence-corrected chi connectivity index (χ4v) is 18.2. The normalized spacial score (nSPS) is 18.0. The summed E-state index contributed by atoms with van der Waals surface area (Å²) in [5.41, 5.74) is 25.0. The Morgan fingerprint density at radius 3 is 1.32 bits per heavy atom. The van der Waals surface area contributed by atoms with Crippen molar-refractivity contribution in [2.45, 2.75) is 139 Å². The Hall–Kier alpha value is -10.3. The number of para-hydroxylation sites is 8. The van der Waals surface area contributed by atoms with Gasteiger partial charge in [-0.3, -0.25) is 0 Å². The van der Waals surface area contributed by atoms with Crippen LogP contribution >= 0.6 is 0 Å². The van der Waals surface area contributed by atoms with Crippen LogP contribution in [0.5, 0.6) is 0 Å². The third kappa shape index (κ3) is 13.0. The Morgan fingerprint density at radius 2 is 0.817 bits per heavy atom. The van der Waals surface area contributed by atoms with Gasteiger partial charge in [-0.1, -0.05) is 167 Å². The molecule has 6 aliphatic rings. The van der Waals surface area contributed by atoms with E-state index in [2.05, 4.69) is 263 Å². The molecule has 13 aromatic rings. The zero-order valence-corrected chi connectivity index (χ0v) is 63.4. The SMILES string of the molecule is Cc1ccc2c(n1)oc1c(N3CN(C)c4ccccc43)c(C)ccc12.Cc1ccc2c(oc3ccccc32)c1N1CN(C)c2ccccc21.Cc1ccccc1N1CC(C)(C)CC1(C)C.Cc1ccccc1N1CC2(CCCCC2)CC1(C)C.[2H]C([2H])([2H])N1C=CN(c2c(C)ccc3c2oc2ccccc23)C1. The summed E-state index contributed by atoms with van der Waals surface area (Å²) in [5, 5.41) is 6.66. The summed E-state index contributed by atoms with van der Waals surface area (Å²) in [7, 11) is 4.25. The third-order valence-electron chi connectivity index (χ3n) is 22.7. The molecule has 9 heterocycles. The summed E-state index contributed by atoms with van der Waals surface area (Å²) in [4.78, 5) is 22.3. The Labute approximate surface area is 619 Å². The molecule has 104 heavy (non-hydrogen) atoms. The molecule has 0 radical (unpaired) electrons. The van der Waals surface area contributed by atoms with Crippen molar-refractivity contribution < 1.29 is 17.4 Å². The molecule has 2 saturated heterocycles. The van der Waals surface area contributed by atoms with Gasteiger partial charge in [-0.05, 0) is 194 Å². The van der Waals surface area contributed by atoms with E-state index in [-0.39, 0.29) is 12.2 Å². The maximum atomic E-state index is 7.54. The highest BCUT2D eigenvalue weighted by Gasteiger charge is 2.49. The number of furan rings is 3. The van der Waals surface area contributed by atoms with Crippen LogP contribution in [0.3, 0.4) is 0 Å². The van der Waals surface area contributed by atoms with Gasteiger partial charge in [0, 0.05) is 111 Å². The zero-order chi connectivity index (χ0) is 75.1. The van der Waals surface area contributed by atoms with Crippen LogP contribution in [0.1, 0.15) is 124 Å². The van der Waals surface area contributed by atoms with E-state index in [1.165, 1.54) is 129 Å². The molecule has 3 fully saturated rings. The fraction of sp³-hybridized carbons (Fsp3) is 0.337. The van der Waals surface area contributed by atoms with Gasteiger partial charge < -0.3 is 52.5 Å². The molecule has 1 spiro atoms. The minimum atomic E-state index is -2.14. The van der Waals surface area contributed by atoms with E-state index in [0.29, 0.717) is 22.1 Å². The molecular weight excluding hydrogens is 1280 g/mol. The number of rotatable bonds is 5. The van der Waals surface area contributed by atoms with E-state index in [1.807, 2.05) is 67.3 Å². The minimum Gasteiger partial charge on any atom is -0.454 e. The summed E-state index contributed by atoms with van der Waals surface area (Å²) in [6.07, 6.45) is 13.2. The van der Waals surface area contributed by atoms with Crippen molar-refractivity contribution in [2.24, 2.45) is 10.8 Å². The summed E-state index contributed by atoms with van der Waals surface area (Å²) >= 11 is 0. The quantitative estimate of drug-likeness (QED) is 0.165. The second kappa shape index (κ2) is 27.4. The van der Waals surface area contributed by atoms with Crippen molar-refractivity contribution in [1.29, 1.82) is 0 Å². The highest BCUT2D eigenvalue weighted by molar-refractivity contribution is 6.12. The molecular formula is C92H103N9O3. The number of anilines is 9. The number of hydrogen-bond acceptors (Lipinski definition) is 12. The van der Waals surface area contributed by atoms with Gasteiger partial charge in [0.25, 0.3) is 0 Å². The Balaban J connectivity index is 0.000000108. The molecule has 0 amide bonds. The summed E-state index contributed by atoms with van der Waals surface area (Å²) in [6.45, 7) is 29.3. The smallest absolute Gasteiger partial charge is 0.227 e. The van der Waals surface area contributed by atoms with Crippen LogP contribution in [0, 0.1) is 52.4 Å². The average molecular weight is 1390 g/mol. The van der Waals surface area contributed by atoms with Crippen LogP contribution in [-0.4, -0.2) is 75.1 Å². The van der Waals surface area contributed by atoms with Gasteiger partial charge in [-0.15, -0.1) is 0 Å². The molecule has 5 aliphatic heterocycles. The van der Waals surface area contributed by atoms with Gasteiger partial charge in [0.1, 0.15) is 11.2 Å². The Kier molecular flexibility index (Phi) is 17.3. The lowest BCUT2D eigenvalue weighted by Gasteiger charge is -2.35. The molecule has 0 bridgehead atoms. The first-order valence-electron chi connectivity index (χ1n) is 38.8. The molecule has 1 saturated carbocycles. The van der Waals surface area contributed by atoms with Crippen molar-refractivity contribution in [3.63, 3.8) is 0 Å². The number of pyridine rings is 1. The molecule has 534 valence electrons. The van der Waals surface area contributed by atoms with E-state index in [4.69, 9.17) is 17.4 Å². The monoisotopic (exact) mass is 1380 g/mol. The molecule has 12 heteroatoms. The second-order valence-corrected chi connectivity index (χ2v) is 32.3. The van der Waals surface area contributed by atoms with E-state index in [0.717, 1.165) is 92.0 Å². The molecule has 0 unspecified atom stereocenters. The molecule has 9 aromatic carbocycles. The first-order chi connectivity index (χ1) is 51.2. The summed E-state index contributed by atoms with van der Waals surface area (Å²) < 4.78 is 41.2. The highest BCUT2D eigenvalue weighted by Crippen LogP contribution is 2.53. The van der Waals surface area contributed by atoms with Crippen LogP contribution in [0.2, 0.25) is 0 Å². The number of nitrogens with zero attached hydrogens (tertiary/aromatic N) is 9. The predicted molar refractivity (Wildman–Crippen MR) is 440 cm³/mol. The Morgan fingerprint density at radius 1 is 0.385 bits per heavy atom. The van der Waals surface area contributed by atoms with Gasteiger partial charge in [-0.2, -0.15) is 0 Å². The fourth-order valence-electron chi connectivity index (χ4n) is 18.2. The topological polar surface area (TPSA) is 78.2 Å². The lowest BCUT2D eigenvalue weighted by molar-refractivity contribution is 0.204. The average Bonchev–Trinajstić information content (AvgIpc) is 1.62. The second-order valence-electron chi connectivity index (χ2n) is 32.3. The van der Waals surface area contributed by atoms with E-state index in [9.17, 15) is 0 Å². The number of fused-ring (bicyclic) bond motifs is 11. The molecule has 4 aromatic heterocycles. The van der Waals surface area contributed by atoms with Gasteiger partial charge in [-0.25, -0.2) is 4.98 Å². The van der Waals surface area contributed by atoms with E-state index < -0.39 is 6.98 Å². The maximum Gasteiger partial charge on any atom is 0.227 e. The maximum absolute atomic E-state index is 7.54. The van der Waals surface area contributed by atoms with Crippen LogP contribution in [0.15, 0.2) is 220 Å². The number of aromatic nitrogens is 1. The largest absolute Gasteiger partial charge is 0.454 e. The highest BCUT2D eigenvalue weighted by atomic mass is 16.3. The lowest BCUT2D eigenvalue weighted by atomic mass is 9.71. The zero-order valence-electron chi connectivity index (χ0n) is 66.4. The van der Waals surface area contributed by atoms with Crippen molar-refractivity contribution in [3.8, 4) is 0 Å². The molecule has 0 N–H and O–H groups in total. The van der Waals surface area contributed by atoms with E-state index >= 15 is 0 Å². The lowest BCUT2D eigenvalue weighted by Crippen LogP contribution is -2.38. The van der Waals surface area contributed by atoms with Crippen molar-refractivity contribution >= 4 is 117 Å². The third-order valence-corrected chi connectivity index (χ3v) is 22.7. The summed E-state index contributed by atoms with van der Waals surface area (Å²) in [6, 6.07) is 67.7. The Bertz CT molecular complexity index is 5500. The molecule has 12 nitrogen and oxygen atoms in total. The first-order valence-corrected chi connectivity index (χ1v) is 37.3. The van der Waals surface area contributed by atoms with Gasteiger partial charge in [0.05, 0.1) is 59.8 Å². The predicted octanol–water partition coefficient (Wildman–Crippen LogP) is 23.6. The van der Waals surface area contributed by atoms with Gasteiger partial charge in [0.15, 0.2) is 16.7 Å². The van der Waals surface area contributed by atoms with E-state index in [1.54, 1.807) is 12.4 Å². The van der Waals surface area contributed by atoms with Crippen LogP contribution in [-0.2, 0) is 0 Å². The first kappa shape index (κ1) is 65.7. The molecule has 1 aliphatic carbocycles. The van der Waals surface area contributed by atoms with Crippen LogP contribution in [0.4, 0.5) is 51.2 Å². The van der Waals surface area contributed by atoms with Crippen molar-refractivity contribution in [2.75, 3.05) is 88.5 Å². The number of hydrogen-bond donors (Lipinski definition) is 0. The molecule has 0 atom stereocenters. The van der Waals surface area contributed by atoms with Crippen LogP contribution < -0.4 is 34.3 Å². The molecule has 19 rings (SSSR count). The number of aryl methyl sites for hydroxylation is 6. The minimum absolute atomic E-state index is 0.273. The van der Waals surface area contributed by atoms with Crippen molar-refractivity contribution in [3.05, 3.63) is 240 Å². The van der Waals surface area contributed by atoms with Gasteiger partial charge >= 0.3 is 0 Å². The number of benzene rings is 9. The summed E-state index contributed by atoms with van der Waals surface area (Å²) in [5.74, 6) is 0. The standard InChI is InChI=1S/C21H19N3O.C21H18N2O.C18H27N.C17H16N2O.C15H23N/c1-13-8-10-15-16-11-9-14(2)22-21(16)25-20(15)19(13)24-12-23(3)17-6-4-5-7-18(17)24;1-14-11-12-16-15-7-3-6-10-19(15)24-21(16)20(14)23-13-22(2)17-8-4-5-9-18(17)23;1-15-9-5-6-10-16(15)19-14-18(13-17(19,2)3)11-7-4-8-12-18;1-12-7-8-14-13-5-3-4-6-15(13)20-17(14)16(12)19-10-9-18(2)11-19;1-12-8-6-7-9-13(12)16-11-14(2,3)10-15(16,4)5/h4-11H,12H2,1-3H3;3-12H,13H2,1-2H3;5-6,9-10H,4,7-8,11-14H2,1-3H3;3-10H,11H2,1-2H3;6-9H,10-11H2,1-5H3/i;;;2D3;. The van der Waals surface area contributed by atoms with Crippen molar-refractivity contribution in [1.82, 2.24) is 9.88 Å². The van der Waals surface area contributed by atoms with Crippen LogP contribution in [0.25, 0.3) is 65.9 Å².